The van der Waals surface area contributed by atoms with Gasteiger partial charge in [-0.25, -0.2) is 17.6 Å². The fourth-order valence-electron chi connectivity index (χ4n) is 3.84. The zero-order chi connectivity index (χ0) is 24.0. The summed E-state index contributed by atoms with van der Waals surface area (Å²) in [5.41, 5.74) is 1.35. The quantitative estimate of drug-likeness (QED) is 0.263. The van der Waals surface area contributed by atoms with Crippen molar-refractivity contribution in [2.45, 2.75) is 58.3 Å². The van der Waals surface area contributed by atoms with Gasteiger partial charge in [0.1, 0.15) is 0 Å². The Balaban J connectivity index is 1.98. The summed E-state index contributed by atoms with van der Waals surface area (Å²) in [5.74, 6) is -2.98. The summed E-state index contributed by atoms with van der Waals surface area (Å²) < 4.78 is 57.0. The first kappa shape index (κ1) is 25.6. The Morgan fingerprint density at radius 3 is 2.16 bits per heavy atom. The summed E-state index contributed by atoms with van der Waals surface area (Å²) in [4.78, 5) is 0. The molecule has 0 atom stereocenters. The smallest absolute Gasteiger partial charge is 0.166 e. The van der Waals surface area contributed by atoms with Gasteiger partial charge >= 0.3 is 0 Å². The van der Waals surface area contributed by atoms with Crippen molar-refractivity contribution < 1.29 is 17.6 Å². The summed E-state index contributed by atoms with van der Waals surface area (Å²) in [6.45, 7) is 18.0. The summed E-state index contributed by atoms with van der Waals surface area (Å²) in [6.07, 6.45) is 7.57. The Hall–Kier alpha value is -2.62. The van der Waals surface area contributed by atoms with E-state index < -0.39 is 23.3 Å². The van der Waals surface area contributed by atoms with Crippen LogP contribution in [0, 0.1) is 17.6 Å². The van der Waals surface area contributed by atoms with Crippen molar-refractivity contribution in [3.63, 3.8) is 0 Å². The Morgan fingerprint density at radius 2 is 1.56 bits per heavy atom. The number of benzene rings is 1. The first-order chi connectivity index (χ1) is 15.0. The number of allylic oxidation sites excluding steroid dienone is 8. The van der Waals surface area contributed by atoms with E-state index in [-0.39, 0.29) is 29.1 Å². The molecule has 2 rings (SSSR count). The standard InChI is InChI=1S/C28H32F4/c1-17(2)25(29)26(30)21(6)20(5)11-7-18(3)10-14-23-15-16-24(28(32)27(23)31)22-12-8-19(4)9-13-22/h7,11,15-16,19,22H,1,3,5-6,8-10,12-14H2,2,4H3/b11-7-,26-25-. The van der Waals surface area contributed by atoms with Crippen LogP contribution in [0.25, 0.3) is 0 Å². The molecule has 0 bridgehead atoms. The van der Waals surface area contributed by atoms with E-state index >= 15 is 0 Å². The molecular weight excluding hydrogens is 412 g/mol. The van der Waals surface area contributed by atoms with Crippen molar-refractivity contribution in [1.82, 2.24) is 0 Å². The second-order valence-electron chi connectivity index (χ2n) is 8.80. The van der Waals surface area contributed by atoms with E-state index in [9.17, 15) is 17.6 Å². The molecular formula is C28H32F4. The molecule has 1 aromatic carbocycles. The molecule has 1 aliphatic carbocycles. The van der Waals surface area contributed by atoms with Gasteiger partial charge in [-0.3, -0.25) is 0 Å². The van der Waals surface area contributed by atoms with E-state index in [1.54, 1.807) is 18.2 Å². The molecule has 0 unspecified atom stereocenters. The topological polar surface area (TPSA) is 0 Å². The van der Waals surface area contributed by atoms with Crippen LogP contribution in [0.15, 0.2) is 84.5 Å². The van der Waals surface area contributed by atoms with Crippen LogP contribution in [0.4, 0.5) is 17.6 Å². The lowest BCUT2D eigenvalue weighted by Crippen LogP contribution is -2.13. The van der Waals surface area contributed by atoms with Gasteiger partial charge in [-0.1, -0.05) is 75.9 Å². The molecule has 0 spiro atoms. The minimum Gasteiger partial charge on any atom is -0.203 e. The van der Waals surface area contributed by atoms with Crippen LogP contribution in [0.1, 0.15) is 63.0 Å². The Morgan fingerprint density at radius 1 is 0.938 bits per heavy atom. The van der Waals surface area contributed by atoms with E-state index in [2.05, 4.69) is 33.2 Å². The number of hydrogen-bond acceptors (Lipinski definition) is 0. The third kappa shape index (κ3) is 6.44. The molecule has 0 nitrogen and oxygen atoms in total. The van der Waals surface area contributed by atoms with Crippen molar-refractivity contribution in [2.75, 3.05) is 0 Å². The van der Waals surface area contributed by atoms with Crippen molar-refractivity contribution in [1.29, 1.82) is 0 Å². The second kappa shape index (κ2) is 11.3. The van der Waals surface area contributed by atoms with E-state index in [1.807, 2.05) is 0 Å². The average Bonchev–Trinajstić information content (AvgIpc) is 2.77. The fourth-order valence-corrected chi connectivity index (χ4v) is 3.84. The van der Waals surface area contributed by atoms with Gasteiger partial charge in [0.2, 0.25) is 0 Å². The molecule has 32 heavy (non-hydrogen) atoms. The normalized spacial score (nSPS) is 19.6. The van der Waals surface area contributed by atoms with Crippen molar-refractivity contribution in [2.24, 2.45) is 5.92 Å². The maximum atomic E-state index is 14.7. The SMILES string of the molecule is C=C(/C=C\C(=C)C(=C)/C(F)=C(/F)C(=C)C)CCc1ccc(C2CCC(C)CC2)c(F)c1F. The highest BCUT2D eigenvalue weighted by Crippen LogP contribution is 2.37. The van der Waals surface area contributed by atoms with Crippen molar-refractivity contribution >= 4 is 0 Å². The van der Waals surface area contributed by atoms with E-state index in [1.165, 1.54) is 13.0 Å². The average molecular weight is 445 g/mol. The number of rotatable bonds is 9. The number of halogens is 4. The van der Waals surface area contributed by atoms with Crippen LogP contribution in [0.5, 0.6) is 0 Å². The second-order valence-corrected chi connectivity index (χ2v) is 8.80. The number of hydrogen-bond donors (Lipinski definition) is 0. The van der Waals surface area contributed by atoms with Crippen LogP contribution in [-0.4, -0.2) is 0 Å². The molecule has 0 heterocycles. The zero-order valence-electron chi connectivity index (χ0n) is 19.0. The highest BCUT2D eigenvalue weighted by atomic mass is 19.2. The summed E-state index contributed by atoms with van der Waals surface area (Å²) in [6, 6.07) is 3.37. The highest BCUT2D eigenvalue weighted by Gasteiger charge is 2.24. The van der Waals surface area contributed by atoms with Gasteiger partial charge in [0.15, 0.2) is 23.3 Å². The van der Waals surface area contributed by atoms with Gasteiger partial charge in [0.05, 0.1) is 0 Å². The minimum absolute atomic E-state index is 0.0387. The largest absolute Gasteiger partial charge is 0.203 e. The summed E-state index contributed by atoms with van der Waals surface area (Å²) in [5, 5.41) is 0. The molecule has 1 saturated carbocycles. The Labute approximate surface area is 189 Å². The molecule has 1 aromatic rings. The molecule has 0 radical (unpaired) electrons. The third-order valence-electron chi connectivity index (χ3n) is 6.10. The zero-order valence-corrected chi connectivity index (χ0v) is 19.0. The van der Waals surface area contributed by atoms with Gasteiger partial charge in [-0.2, -0.15) is 0 Å². The lowest BCUT2D eigenvalue weighted by atomic mass is 9.79. The molecule has 1 fully saturated rings. The maximum Gasteiger partial charge on any atom is 0.166 e. The van der Waals surface area contributed by atoms with E-state index in [0.29, 0.717) is 29.0 Å². The predicted molar refractivity (Wildman–Crippen MR) is 126 cm³/mol. The Bertz CT molecular complexity index is 969. The number of aryl methyl sites for hydroxylation is 1. The third-order valence-corrected chi connectivity index (χ3v) is 6.10. The lowest BCUT2D eigenvalue weighted by Gasteiger charge is -2.27. The monoisotopic (exact) mass is 444 g/mol. The first-order valence-electron chi connectivity index (χ1n) is 10.9. The molecule has 0 amide bonds. The summed E-state index contributed by atoms with van der Waals surface area (Å²) >= 11 is 0. The molecule has 0 aromatic heterocycles. The van der Waals surface area contributed by atoms with E-state index in [4.69, 9.17) is 0 Å². The molecule has 0 N–H and O–H groups in total. The maximum absolute atomic E-state index is 14.7. The molecule has 4 heteroatoms. The van der Waals surface area contributed by atoms with Crippen molar-refractivity contribution in [3.8, 4) is 0 Å². The van der Waals surface area contributed by atoms with Crippen LogP contribution in [0.3, 0.4) is 0 Å². The van der Waals surface area contributed by atoms with Gasteiger partial charge < -0.3 is 0 Å². The van der Waals surface area contributed by atoms with Crippen LogP contribution >= 0.6 is 0 Å². The van der Waals surface area contributed by atoms with Crippen LogP contribution < -0.4 is 0 Å². The van der Waals surface area contributed by atoms with Gasteiger partial charge in [-0.15, -0.1) is 0 Å². The van der Waals surface area contributed by atoms with Gasteiger partial charge in [-0.05, 0) is 66.7 Å². The minimum atomic E-state index is -1.11. The molecule has 172 valence electrons. The lowest BCUT2D eigenvalue weighted by molar-refractivity contribution is 0.339. The van der Waals surface area contributed by atoms with E-state index in [0.717, 1.165) is 25.7 Å². The van der Waals surface area contributed by atoms with Crippen molar-refractivity contribution in [3.05, 3.63) is 107 Å². The molecule has 1 aliphatic rings. The highest BCUT2D eigenvalue weighted by molar-refractivity contribution is 5.50. The predicted octanol–water partition coefficient (Wildman–Crippen LogP) is 9.14. The van der Waals surface area contributed by atoms with Gasteiger partial charge in [0.25, 0.3) is 0 Å². The molecule has 0 saturated heterocycles. The van der Waals surface area contributed by atoms with Crippen LogP contribution in [0.2, 0.25) is 0 Å². The first-order valence-corrected chi connectivity index (χ1v) is 10.9. The molecule has 0 aliphatic heterocycles. The summed E-state index contributed by atoms with van der Waals surface area (Å²) in [7, 11) is 0. The van der Waals surface area contributed by atoms with Crippen LogP contribution in [-0.2, 0) is 6.42 Å². The fraction of sp³-hybridized carbons (Fsp3) is 0.357. The Kier molecular flexibility index (Phi) is 9.06. The van der Waals surface area contributed by atoms with Gasteiger partial charge in [0, 0.05) is 5.57 Å².